The summed E-state index contributed by atoms with van der Waals surface area (Å²) in [6.07, 6.45) is -0.316. The predicted molar refractivity (Wildman–Crippen MR) is 61.5 cm³/mol. The first-order chi connectivity index (χ1) is 7.67. The predicted octanol–water partition coefficient (Wildman–Crippen LogP) is 1.65. The number of benzene rings is 1. The topological polar surface area (TPSA) is 58.6 Å². The Bertz CT molecular complexity index is 335. The third-order valence-corrected chi connectivity index (χ3v) is 2.23. The van der Waals surface area contributed by atoms with Gasteiger partial charge in [-0.2, -0.15) is 0 Å². The lowest BCUT2D eigenvalue weighted by atomic mass is 10.2. The molecule has 0 aliphatic carbocycles. The molecule has 1 rings (SSSR count). The van der Waals surface area contributed by atoms with Crippen molar-refractivity contribution < 1.29 is 14.6 Å². The number of carbonyl (C=O) groups is 1. The fourth-order valence-corrected chi connectivity index (χ4v) is 1.36. The maximum atomic E-state index is 10.8. The SMILES string of the molecule is CCC(Oc1ccc(CNC)cc1)C(=O)O. The minimum absolute atomic E-state index is 0.452. The molecule has 4 heteroatoms. The lowest BCUT2D eigenvalue weighted by molar-refractivity contribution is -0.145. The maximum Gasteiger partial charge on any atom is 0.344 e. The average molecular weight is 223 g/mol. The van der Waals surface area contributed by atoms with Gasteiger partial charge in [0.15, 0.2) is 6.10 Å². The normalized spacial score (nSPS) is 12.1. The van der Waals surface area contributed by atoms with E-state index in [4.69, 9.17) is 9.84 Å². The van der Waals surface area contributed by atoms with Crippen molar-refractivity contribution in [3.05, 3.63) is 29.8 Å². The van der Waals surface area contributed by atoms with E-state index in [9.17, 15) is 4.79 Å². The van der Waals surface area contributed by atoms with Crippen molar-refractivity contribution in [3.8, 4) is 5.75 Å². The molecule has 0 spiro atoms. The number of carboxylic acid groups (broad SMARTS) is 1. The highest BCUT2D eigenvalue weighted by Gasteiger charge is 2.16. The molecule has 0 radical (unpaired) electrons. The Balaban J connectivity index is 2.63. The molecule has 0 fully saturated rings. The number of rotatable bonds is 6. The van der Waals surface area contributed by atoms with Crippen molar-refractivity contribution in [1.29, 1.82) is 0 Å². The summed E-state index contributed by atoms with van der Waals surface area (Å²) in [7, 11) is 1.88. The van der Waals surface area contributed by atoms with Gasteiger partial charge in [0, 0.05) is 6.54 Å². The molecule has 88 valence electrons. The zero-order valence-corrected chi connectivity index (χ0v) is 9.56. The fraction of sp³-hybridized carbons (Fsp3) is 0.417. The van der Waals surface area contributed by atoms with Gasteiger partial charge in [-0.05, 0) is 31.2 Å². The monoisotopic (exact) mass is 223 g/mol. The zero-order chi connectivity index (χ0) is 12.0. The summed E-state index contributed by atoms with van der Waals surface area (Å²) < 4.78 is 5.34. The number of ether oxygens (including phenoxy) is 1. The molecule has 1 atom stereocenters. The molecule has 0 saturated carbocycles. The van der Waals surface area contributed by atoms with E-state index in [0.717, 1.165) is 12.1 Å². The molecule has 0 amide bonds. The number of hydrogen-bond acceptors (Lipinski definition) is 3. The molecule has 1 aromatic carbocycles. The molecule has 1 unspecified atom stereocenters. The van der Waals surface area contributed by atoms with E-state index in [1.165, 1.54) is 0 Å². The molecule has 16 heavy (non-hydrogen) atoms. The van der Waals surface area contributed by atoms with Crippen LogP contribution in [0.2, 0.25) is 0 Å². The second-order valence-corrected chi connectivity index (χ2v) is 3.53. The van der Waals surface area contributed by atoms with Gasteiger partial charge < -0.3 is 15.2 Å². The van der Waals surface area contributed by atoms with Crippen molar-refractivity contribution in [2.45, 2.75) is 26.0 Å². The molecule has 0 aromatic heterocycles. The van der Waals surface area contributed by atoms with E-state index in [1.54, 1.807) is 19.1 Å². The molecule has 0 aliphatic rings. The van der Waals surface area contributed by atoms with E-state index in [0.29, 0.717) is 12.2 Å². The number of carboxylic acids is 1. The molecule has 0 heterocycles. The zero-order valence-electron chi connectivity index (χ0n) is 9.56. The second kappa shape index (κ2) is 6.12. The molecule has 0 saturated heterocycles. The highest BCUT2D eigenvalue weighted by atomic mass is 16.5. The molecule has 4 nitrogen and oxygen atoms in total. The first-order valence-corrected chi connectivity index (χ1v) is 5.30. The van der Waals surface area contributed by atoms with Gasteiger partial charge in [0.05, 0.1) is 0 Å². The third-order valence-electron chi connectivity index (χ3n) is 2.23. The third kappa shape index (κ3) is 3.55. The molecular formula is C12H17NO3. The Morgan fingerprint density at radius 2 is 2.06 bits per heavy atom. The summed E-state index contributed by atoms with van der Waals surface area (Å²) in [5.41, 5.74) is 1.14. The summed E-state index contributed by atoms with van der Waals surface area (Å²) in [6, 6.07) is 7.41. The Morgan fingerprint density at radius 1 is 1.44 bits per heavy atom. The van der Waals surface area contributed by atoms with Crippen molar-refractivity contribution in [3.63, 3.8) is 0 Å². The van der Waals surface area contributed by atoms with Crippen LogP contribution in [-0.4, -0.2) is 24.2 Å². The van der Waals surface area contributed by atoms with Crippen LogP contribution in [0, 0.1) is 0 Å². The fourth-order valence-electron chi connectivity index (χ4n) is 1.36. The van der Waals surface area contributed by atoms with Gasteiger partial charge in [-0.3, -0.25) is 0 Å². The van der Waals surface area contributed by atoms with Gasteiger partial charge in [0.25, 0.3) is 0 Å². The van der Waals surface area contributed by atoms with Crippen LogP contribution in [0.15, 0.2) is 24.3 Å². The Labute approximate surface area is 95.2 Å². The van der Waals surface area contributed by atoms with Crippen molar-refractivity contribution in [1.82, 2.24) is 5.32 Å². The first-order valence-electron chi connectivity index (χ1n) is 5.30. The molecular weight excluding hydrogens is 206 g/mol. The molecule has 0 bridgehead atoms. The quantitative estimate of drug-likeness (QED) is 0.769. The van der Waals surface area contributed by atoms with E-state index in [-0.39, 0.29) is 0 Å². The van der Waals surface area contributed by atoms with Crippen LogP contribution in [0.5, 0.6) is 5.75 Å². The average Bonchev–Trinajstić information content (AvgIpc) is 2.28. The van der Waals surface area contributed by atoms with E-state index >= 15 is 0 Å². The Kier molecular flexibility index (Phi) is 4.79. The molecule has 1 aromatic rings. The van der Waals surface area contributed by atoms with Crippen molar-refractivity contribution in [2.75, 3.05) is 7.05 Å². The largest absolute Gasteiger partial charge is 0.479 e. The summed E-state index contributed by atoms with van der Waals surface area (Å²) in [6.45, 7) is 2.57. The second-order valence-electron chi connectivity index (χ2n) is 3.53. The van der Waals surface area contributed by atoms with Crippen LogP contribution in [0.4, 0.5) is 0 Å². The van der Waals surface area contributed by atoms with Gasteiger partial charge in [-0.15, -0.1) is 0 Å². The smallest absolute Gasteiger partial charge is 0.344 e. The van der Waals surface area contributed by atoms with Crippen LogP contribution >= 0.6 is 0 Å². The van der Waals surface area contributed by atoms with Gasteiger partial charge in [0.1, 0.15) is 5.75 Å². The van der Waals surface area contributed by atoms with Crippen LogP contribution in [0.3, 0.4) is 0 Å². The van der Waals surface area contributed by atoms with E-state index in [2.05, 4.69) is 5.32 Å². The summed E-state index contributed by atoms with van der Waals surface area (Å²) >= 11 is 0. The van der Waals surface area contributed by atoms with Crippen molar-refractivity contribution in [2.24, 2.45) is 0 Å². The standard InChI is InChI=1S/C12H17NO3/c1-3-11(12(14)15)16-10-6-4-9(5-7-10)8-13-2/h4-7,11,13H,3,8H2,1-2H3,(H,14,15). The van der Waals surface area contributed by atoms with Crippen LogP contribution in [0.1, 0.15) is 18.9 Å². The molecule has 2 N–H and O–H groups in total. The lowest BCUT2D eigenvalue weighted by Crippen LogP contribution is -2.25. The van der Waals surface area contributed by atoms with Crippen LogP contribution in [0.25, 0.3) is 0 Å². The molecule has 0 aliphatic heterocycles. The van der Waals surface area contributed by atoms with Gasteiger partial charge in [-0.1, -0.05) is 19.1 Å². The number of nitrogens with one attached hydrogen (secondary N) is 1. The first kappa shape index (κ1) is 12.5. The van der Waals surface area contributed by atoms with Gasteiger partial charge in [-0.25, -0.2) is 4.79 Å². The highest BCUT2D eigenvalue weighted by Crippen LogP contribution is 2.15. The van der Waals surface area contributed by atoms with Gasteiger partial charge in [0.2, 0.25) is 0 Å². The Morgan fingerprint density at radius 3 is 2.50 bits per heavy atom. The number of hydrogen-bond donors (Lipinski definition) is 2. The summed E-state index contributed by atoms with van der Waals surface area (Å²) in [5, 5.41) is 11.9. The maximum absolute atomic E-state index is 10.8. The summed E-state index contributed by atoms with van der Waals surface area (Å²) in [4.78, 5) is 10.8. The van der Waals surface area contributed by atoms with Crippen LogP contribution < -0.4 is 10.1 Å². The number of aliphatic carboxylic acids is 1. The van der Waals surface area contributed by atoms with Crippen molar-refractivity contribution >= 4 is 5.97 Å². The minimum Gasteiger partial charge on any atom is -0.479 e. The van der Waals surface area contributed by atoms with Gasteiger partial charge >= 0.3 is 5.97 Å². The summed E-state index contributed by atoms with van der Waals surface area (Å²) in [5.74, 6) is -0.337. The van der Waals surface area contributed by atoms with Crippen LogP contribution in [-0.2, 0) is 11.3 Å². The highest BCUT2D eigenvalue weighted by molar-refractivity contribution is 5.72. The lowest BCUT2D eigenvalue weighted by Gasteiger charge is -2.13. The van der Waals surface area contributed by atoms with E-state index in [1.807, 2.05) is 19.2 Å². The minimum atomic E-state index is -0.929. The van der Waals surface area contributed by atoms with E-state index < -0.39 is 12.1 Å². The Hall–Kier alpha value is -1.55.